The monoisotopic (exact) mass is 603 g/mol. The van der Waals surface area contributed by atoms with E-state index in [0.717, 1.165) is 10.8 Å². The Balaban J connectivity index is 1.79. The van der Waals surface area contributed by atoms with E-state index in [2.05, 4.69) is 20.9 Å². The SMILES string of the molecule is NC(=O)[C@H](CCCN=C(N)N)NC(=O)[C@H](Cc1ccccc1)NC(=O)[C@H](CCC(=O)O)NC(=O)c1ccc2ccccc2c1. The number of nitrogens with two attached hydrogens (primary N) is 3. The van der Waals surface area contributed by atoms with Crippen LogP contribution >= 0.6 is 0 Å². The topological polar surface area (TPSA) is 232 Å². The molecule has 3 rings (SSSR count). The van der Waals surface area contributed by atoms with Crippen LogP contribution in [-0.2, 0) is 25.6 Å². The molecule has 0 bridgehead atoms. The van der Waals surface area contributed by atoms with Gasteiger partial charge in [0.2, 0.25) is 17.7 Å². The van der Waals surface area contributed by atoms with Crippen LogP contribution in [0, 0.1) is 0 Å². The number of carbonyl (C=O) groups is 5. The molecule has 0 heterocycles. The van der Waals surface area contributed by atoms with E-state index in [1.54, 1.807) is 48.5 Å². The first-order chi connectivity index (χ1) is 21.0. The van der Waals surface area contributed by atoms with Gasteiger partial charge in [0.15, 0.2) is 5.96 Å². The van der Waals surface area contributed by atoms with Crippen LogP contribution in [-0.4, -0.2) is 65.3 Å². The minimum atomic E-state index is -1.28. The molecule has 13 heteroatoms. The fourth-order valence-electron chi connectivity index (χ4n) is 4.50. The largest absolute Gasteiger partial charge is 0.481 e. The zero-order chi connectivity index (χ0) is 32.1. The number of aliphatic carboxylic acids is 1. The van der Waals surface area contributed by atoms with Crippen LogP contribution < -0.4 is 33.2 Å². The standard InChI is InChI=1S/C31H37N7O6/c32-27(41)23(11-6-16-35-31(33)34)36-30(44)25(17-19-7-2-1-3-8-19)38-29(43)24(14-15-26(39)40)37-28(42)22-13-12-20-9-4-5-10-21(20)18-22/h1-5,7-10,12-13,18,23-25H,6,11,14-17H2,(H2,32,41)(H,36,44)(H,37,42)(H,38,43)(H,39,40)(H4,33,34,35)/t23-,24-,25-/m0/s1. The van der Waals surface area contributed by atoms with Gasteiger partial charge in [0.05, 0.1) is 0 Å². The van der Waals surface area contributed by atoms with E-state index in [9.17, 15) is 29.1 Å². The van der Waals surface area contributed by atoms with Gasteiger partial charge < -0.3 is 38.3 Å². The van der Waals surface area contributed by atoms with Crippen molar-refractivity contribution in [2.24, 2.45) is 22.2 Å². The third-order valence-electron chi connectivity index (χ3n) is 6.80. The number of amides is 4. The van der Waals surface area contributed by atoms with Crippen LogP contribution in [0.25, 0.3) is 10.8 Å². The van der Waals surface area contributed by atoms with E-state index in [1.165, 1.54) is 0 Å². The van der Waals surface area contributed by atoms with Gasteiger partial charge in [-0.3, -0.25) is 29.0 Å². The van der Waals surface area contributed by atoms with Crippen molar-refractivity contribution in [3.63, 3.8) is 0 Å². The number of carboxylic acid groups (broad SMARTS) is 1. The first kappa shape index (κ1) is 33.0. The van der Waals surface area contributed by atoms with Crippen molar-refractivity contribution in [1.29, 1.82) is 0 Å². The average Bonchev–Trinajstić information content (AvgIpc) is 3.00. The molecule has 232 valence electrons. The number of rotatable bonds is 16. The van der Waals surface area contributed by atoms with Gasteiger partial charge in [-0.1, -0.05) is 60.7 Å². The van der Waals surface area contributed by atoms with Crippen molar-refractivity contribution in [3.05, 3.63) is 83.9 Å². The number of fused-ring (bicyclic) bond motifs is 1. The molecule has 3 aromatic carbocycles. The number of hydrogen-bond acceptors (Lipinski definition) is 6. The Kier molecular flexibility index (Phi) is 12.2. The Morgan fingerprint density at radius 2 is 1.36 bits per heavy atom. The van der Waals surface area contributed by atoms with Gasteiger partial charge in [-0.15, -0.1) is 0 Å². The van der Waals surface area contributed by atoms with Gasteiger partial charge >= 0.3 is 5.97 Å². The first-order valence-electron chi connectivity index (χ1n) is 14.0. The summed E-state index contributed by atoms with van der Waals surface area (Å²) in [7, 11) is 0. The highest BCUT2D eigenvalue weighted by molar-refractivity contribution is 6.01. The van der Waals surface area contributed by atoms with E-state index in [4.69, 9.17) is 17.2 Å². The molecular weight excluding hydrogens is 566 g/mol. The van der Waals surface area contributed by atoms with Gasteiger partial charge in [0.1, 0.15) is 18.1 Å². The van der Waals surface area contributed by atoms with Crippen LogP contribution in [0.3, 0.4) is 0 Å². The third-order valence-corrected chi connectivity index (χ3v) is 6.80. The van der Waals surface area contributed by atoms with Gasteiger partial charge in [0.25, 0.3) is 5.91 Å². The Morgan fingerprint density at radius 3 is 2.02 bits per heavy atom. The molecule has 10 N–H and O–H groups in total. The van der Waals surface area contributed by atoms with Crippen molar-refractivity contribution in [2.45, 2.75) is 50.2 Å². The van der Waals surface area contributed by atoms with E-state index in [0.29, 0.717) is 12.0 Å². The Morgan fingerprint density at radius 1 is 0.727 bits per heavy atom. The number of hydrogen-bond donors (Lipinski definition) is 7. The smallest absolute Gasteiger partial charge is 0.303 e. The number of primary amides is 1. The van der Waals surface area contributed by atoms with Gasteiger partial charge in [-0.2, -0.15) is 0 Å². The van der Waals surface area contributed by atoms with E-state index >= 15 is 0 Å². The highest BCUT2D eigenvalue weighted by atomic mass is 16.4. The first-order valence-corrected chi connectivity index (χ1v) is 14.0. The second kappa shape index (κ2) is 16.2. The minimum Gasteiger partial charge on any atom is -0.481 e. The van der Waals surface area contributed by atoms with Crippen LogP contribution in [0.2, 0.25) is 0 Å². The fourth-order valence-corrected chi connectivity index (χ4v) is 4.50. The summed E-state index contributed by atoms with van der Waals surface area (Å²) in [5.74, 6) is -4.09. The molecule has 3 atom stereocenters. The predicted octanol–water partition coefficient (Wildman–Crippen LogP) is 0.554. The molecule has 0 radical (unpaired) electrons. The van der Waals surface area contributed by atoms with Crippen molar-refractivity contribution in [1.82, 2.24) is 16.0 Å². The molecule has 0 fully saturated rings. The summed E-state index contributed by atoms with van der Waals surface area (Å²) < 4.78 is 0. The van der Waals surface area contributed by atoms with Gasteiger partial charge in [0, 0.05) is 24.9 Å². The molecule has 0 aliphatic carbocycles. The molecule has 0 saturated heterocycles. The molecule has 0 saturated carbocycles. The van der Waals surface area contributed by atoms with E-state index < -0.39 is 54.1 Å². The molecule has 0 aliphatic heterocycles. The molecule has 13 nitrogen and oxygen atoms in total. The lowest BCUT2D eigenvalue weighted by atomic mass is 10.0. The maximum atomic E-state index is 13.5. The molecule has 0 aromatic heterocycles. The maximum absolute atomic E-state index is 13.5. The Hall–Kier alpha value is -5.46. The number of nitrogens with zero attached hydrogens (tertiary/aromatic N) is 1. The van der Waals surface area contributed by atoms with Gasteiger partial charge in [-0.25, -0.2) is 0 Å². The zero-order valence-electron chi connectivity index (χ0n) is 24.1. The predicted molar refractivity (Wildman–Crippen MR) is 165 cm³/mol. The summed E-state index contributed by atoms with van der Waals surface area (Å²) in [5.41, 5.74) is 17.1. The summed E-state index contributed by atoms with van der Waals surface area (Å²) >= 11 is 0. The molecule has 4 amide bonds. The quantitative estimate of drug-likeness (QED) is 0.0692. The number of benzene rings is 3. The minimum absolute atomic E-state index is 0.0438. The lowest BCUT2D eigenvalue weighted by Crippen LogP contribution is -2.57. The van der Waals surface area contributed by atoms with Crippen LogP contribution in [0.1, 0.15) is 41.6 Å². The fraction of sp³-hybridized carbons (Fsp3) is 0.290. The second-order valence-corrected chi connectivity index (χ2v) is 10.2. The molecule has 0 unspecified atom stereocenters. The number of guanidine groups is 1. The van der Waals surface area contributed by atoms with E-state index in [1.807, 2.05) is 24.3 Å². The van der Waals surface area contributed by atoms with Crippen LogP contribution in [0.5, 0.6) is 0 Å². The summed E-state index contributed by atoms with van der Waals surface area (Å²) in [6.45, 7) is 0.217. The second-order valence-electron chi connectivity index (χ2n) is 10.2. The molecule has 0 aliphatic rings. The number of carbonyl (C=O) groups excluding carboxylic acids is 4. The van der Waals surface area contributed by atoms with E-state index in [-0.39, 0.29) is 37.3 Å². The van der Waals surface area contributed by atoms with Gasteiger partial charge in [-0.05, 0) is 47.7 Å². The summed E-state index contributed by atoms with van der Waals surface area (Å²) in [6.07, 6.45) is -0.102. The van der Waals surface area contributed by atoms with Crippen LogP contribution in [0.15, 0.2) is 77.8 Å². The average molecular weight is 604 g/mol. The summed E-state index contributed by atoms with van der Waals surface area (Å²) in [4.78, 5) is 67.4. The number of nitrogens with one attached hydrogen (secondary N) is 3. The lowest BCUT2D eigenvalue weighted by molar-refractivity contribution is -0.137. The summed E-state index contributed by atoms with van der Waals surface area (Å²) in [6, 6.07) is 17.8. The normalized spacial score (nSPS) is 12.7. The molecule has 3 aromatic rings. The molecular formula is C31H37N7O6. The zero-order valence-corrected chi connectivity index (χ0v) is 24.1. The van der Waals surface area contributed by atoms with Crippen molar-refractivity contribution in [3.8, 4) is 0 Å². The Labute approximate surface area is 254 Å². The van der Waals surface area contributed by atoms with Crippen molar-refractivity contribution < 1.29 is 29.1 Å². The summed E-state index contributed by atoms with van der Waals surface area (Å²) in [5, 5.41) is 18.8. The maximum Gasteiger partial charge on any atom is 0.303 e. The number of carboxylic acids is 1. The van der Waals surface area contributed by atoms with Crippen LogP contribution in [0.4, 0.5) is 0 Å². The molecule has 44 heavy (non-hydrogen) atoms. The van der Waals surface area contributed by atoms with Crippen molar-refractivity contribution in [2.75, 3.05) is 6.54 Å². The highest BCUT2D eigenvalue weighted by Gasteiger charge is 2.30. The lowest BCUT2D eigenvalue weighted by Gasteiger charge is -2.25. The highest BCUT2D eigenvalue weighted by Crippen LogP contribution is 2.16. The molecule has 0 spiro atoms. The van der Waals surface area contributed by atoms with Crippen molar-refractivity contribution >= 4 is 46.3 Å². The number of aliphatic imine (C=N–C) groups is 1. The Bertz CT molecular complexity index is 1510. The third kappa shape index (κ3) is 10.4.